The number of pyridine rings is 1. The summed E-state index contributed by atoms with van der Waals surface area (Å²) in [5.74, 6) is -0.142. The van der Waals surface area contributed by atoms with Gasteiger partial charge in [0, 0.05) is 31.7 Å². The number of rotatable bonds is 6. The highest BCUT2D eigenvalue weighted by Crippen LogP contribution is 2.24. The summed E-state index contributed by atoms with van der Waals surface area (Å²) in [5.41, 5.74) is 2.25. The summed E-state index contributed by atoms with van der Waals surface area (Å²) in [6, 6.07) is 12.1. The van der Waals surface area contributed by atoms with E-state index in [2.05, 4.69) is 9.88 Å². The van der Waals surface area contributed by atoms with Gasteiger partial charge in [0.15, 0.2) is 0 Å². The lowest BCUT2D eigenvalue weighted by molar-refractivity contribution is -0.134. The van der Waals surface area contributed by atoms with E-state index in [0.29, 0.717) is 25.4 Å². The Morgan fingerprint density at radius 3 is 2.78 bits per heavy atom. The SMILES string of the molecule is CCN(CC)C(=O)CN1CCO[C@@H](c2cccc(-c3cccc(F)c3)n2)C1. The lowest BCUT2D eigenvalue weighted by Gasteiger charge is -2.33. The second-order valence-electron chi connectivity index (χ2n) is 6.62. The Bertz CT molecular complexity index is 780. The molecule has 6 heteroatoms. The van der Waals surface area contributed by atoms with Crippen LogP contribution < -0.4 is 0 Å². The Morgan fingerprint density at radius 2 is 2.04 bits per heavy atom. The third kappa shape index (κ3) is 4.90. The number of ether oxygens (including phenoxy) is 1. The molecule has 0 N–H and O–H groups in total. The molecule has 3 rings (SSSR count). The number of aromatic nitrogens is 1. The van der Waals surface area contributed by atoms with Crippen LogP contribution in [-0.4, -0.2) is 60.0 Å². The number of benzene rings is 1. The lowest BCUT2D eigenvalue weighted by Crippen LogP contribution is -2.45. The van der Waals surface area contributed by atoms with Crippen molar-refractivity contribution in [3.8, 4) is 11.3 Å². The van der Waals surface area contributed by atoms with E-state index in [9.17, 15) is 9.18 Å². The molecule has 1 aliphatic rings. The van der Waals surface area contributed by atoms with Gasteiger partial charge in [0.1, 0.15) is 11.9 Å². The van der Waals surface area contributed by atoms with Crippen LogP contribution >= 0.6 is 0 Å². The van der Waals surface area contributed by atoms with Gasteiger partial charge in [0.2, 0.25) is 5.91 Å². The van der Waals surface area contributed by atoms with Gasteiger partial charge in [-0.15, -0.1) is 0 Å². The first-order chi connectivity index (χ1) is 13.1. The van der Waals surface area contributed by atoms with Gasteiger partial charge in [0.25, 0.3) is 0 Å². The van der Waals surface area contributed by atoms with E-state index in [-0.39, 0.29) is 17.8 Å². The van der Waals surface area contributed by atoms with E-state index in [1.54, 1.807) is 6.07 Å². The predicted octanol–water partition coefficient (Wildman–Crippen LogP) is 3.13. The van der Waals surface area contributed by atoms with E-state index in [4.69, 9.17) is 4.74 Å². The molecule has 1 fully saturated rings. The average molecular weight is 371 g/mol. The molecule has 1 aliphatic heterocycles. The van der Waals surface area contributed by atoms with Gasteiger partial charge in [-0.1, -0.05) is 18.2 Å². The van der Waals surface area contributed by atoms with Gasteiger partial charge in [-0.3, -0.25) is 14.7 Å². The molecule has 0 unspecified atom stereocenters. The number of nitrogens with zero attached hydrogens (tertiary/aromatic N) is 3. The maximum atomic E-state index is 13.5. The molecule has 1 atom stereocenters. The van der Waals surface area contributed by atoms with Gasteiger partial charge in [-0.05, 0) is 38.1 Å². The first-order valence-corrected chi connectivity index (χ1v) is 9.45. The molecule has 0 bridgehead atoms. The predicted molar refractivity (Wildman–Crippen MR) is 103 cm³/mol. The Labute approximate surface area is 159 Å². The van der Waals surface area contributed by atoms with Crippen molar-refractivity contribution in [1.82, 2.24) is 14.8 Å². The molecule has 2 aromatic rings. The van der Waals surface area contributed by atoms with Crippen molar-refractivity contribution in [3.63, 3.8) is 0 Å². The summed E-state index contributed by atoms with van der Waals surface area (Å²) in [6.07, 6.45) is -0.197. The van der Waals surface area contributed by atoms with Crippen molar-refractivity contribution in [2.45, 2.75) is 20.0 Å². The van der Waals surface area contributed by atoms with Crippen LogP contribution in [0.1, 0.15) is 25.6 Å². The minimum Gasteiger partial charge on any atom is -0.369 e. The molecule has 144 valence electrons. The molecular weight excluding hydrogens is 345 g/mol. The number of carbonyl (C=O) groups excluding carboxylic acids is 1. The Kier molecular flexibility index (Phi) is 6.53. The van der Waals surface area contributed by atoms with E-state index < -0.39 is 0 Å². The molecular formula is C21H26FN3O2. The number of halogens is 1. The summed E-state index contributed by atoms with van der Waals surface area (Å²) >= 11 is 0. The highest BCUT2D eigenvalue weighted by Gasteiger charge is 2.25. The van der Waals surface area contributed by atoms with Crippen LogP contribution in [0, 0.1) is 5.82 Å². The summed E-state index contributed by atoms with van der Waals surface area (Å²) < 4.78 is 19.4. The summed E-state index contributed by atoms with van der Waals surface area (Å²) in [7, 11) is 0. The second kappa shape index (κ2) is 9.06. The number of morpholine rings is 1. The van der Waals surface area contributed by atoms with E-state index >= 15 is 0 Å². The summed E-state index contributed by atoms with van der Waals surface area (Å²) in [5, 5.41) is 0. The maximum Gasteiger partial charge on any atom is 0.236 e. The van der Waals surface area contributed by atoms with Crippen LogP contribution in [0.25, 0.3) is 11.3 Å². The van der Waals surface area contributed by atoms with Gasteiger partial charge >= 0.3 is 0 Å². The van der Waals surface area contributed by atoms with Crippen LogP contribution in [0.4, 0.5) is 4.39 Å². The topological polar surface area (TPSA) is 45.7 Å². The first kappa shape index (κ1) is 19.5. The highest BCUT2D eigenvalue weighted by molar-refractivity contribution is 5.78. The number of likely N-dealkylation sites (N-methyl/N-ethyl adjacent to an activating group) is 1. The highest BCUT2D eigenvalue weighted by atomic mass is 19.1. The van der Waals surface area contributed by atoms with E-state index in [1.807, 2.05) is 43.0 Å². The fourth-order valence-corrected chi connectivity index (χ4v) is 3.33. The van der Waals surface area contributed by atoms with E-state index in [1.165, 1.54) is 12.1 Å². The van der Waals surface area contributed by atoms with Gasteiger partial charge in [-0.2, -0.15) is 0 Å². The third-order valence-electron chi connectivity index (χ3n) is 4.85. The van der Waals surface area contributed by atoms with Gasteiger partial charge < -0.3 is 9.64 Å². The molecule has 0 radical (unpaired) electrons. The zero-order chi connectivity index (χ0) is 19.2. The maximum absolute atomic E-state index is 13.5. The molecule has 0 aliphatic carbocycles. The standard InChI is InChI=1S/C21H26FN3O2/c1-3-25(4-2)21(26)15-24-11-12-27-20(14-24)19-10-6-9-18(23-19)16-7-5-8-17(22)13-16/h5-10,13,20H,3-4,11-12,14-15H2,1-2H3/t20-/m1/s1. The lowest BCUT2D eigenvalue weighted by atomic mass is 10.1. The molecule has 5 nitrogen and oxygen atoms in total. The Morgan fingerprint density at radius 1 is 1.26 bits per heavy atom. The molecule has 1 amide bonds. The zero-order valence-electron chi connectivity index (χ0n) is 15.9. The normalized spacial score (nSPS) is 17.7. The van der Waals surface area contributed by atoms with Crippen molar-refractivity contribution in [2.24, 2.45) is 0 Å². The quantitative estimate of drug-likeness (QED) is 0.783. The van der Waals surface area contributed by atoms with Crippen molar-refractivity contribution < 1.29 is 13.9 Å². The number of hydrogen-bond acceptors (Lipinski definition) is 4. The van der Waals surface area contributed by atoms with Crippen molar-refractivity contribution in [1.29, 1.82) is 0 Å². The van der Waals surface area contributed by atoms with Crippen LogP contribution in [-0.2, 0) is 9.53 Å². The number of amides is 1. The summed E-state index contributed by atoms with van der Waals surface area (Å²) in [6.45, 7) is 7.73. The third-order valence-corrected chi connectivity index (χ3v) is 4.85. The number of carbonyl (C=O) groups is 1. The largest absolute Gasteiger partial charge is 0.369 e. The van der Waals surface area contributed by atoms with Crippen molar-refractivity contribution in [3.05, 3.63) is 54.0 Å². The smallest absolute Gasteiger partial charge is 0.236 e. The monoisotopic (exact) mass is 371 g/mol. The van der Waals surface area contributed by atoms with Crippen molar-refractivity contribution >= 4 is 5.91 Å². The Balaban J connectivity index is 1.71. The van der Waals surface area contributed by atoms with Gasteiger partial charge in [0.05, 0.1) is 24.5 Å². The molecule has 0 saturated carbocycles. The average Bonchev–Trinajstić information content (AvgIpc) is 2.69. The molecule has 1 aromatic carbocycles. The van der Waals surface area contributed by atoms with Gasteiger partial charge in [-0.25, -0.2) is 4.39 Å². The van der Waals surface area contributed by atoms with Crippen LogP contribution in [0.15, 0.2) is 42.5 Å². The van der Waals surface area contributed by atoms with Crippen molar-refractivity contribution in [2.75, 3.05) is 39.3 Å². The zero-order valence-corrected chi connectivity index (χ0v) is 15.9. The fraction of sp³-hybridized carbons (Fsp3) is 0.429. The van der Waals surface area contributed by atoms with Crippen LogP contribution in [0.5, 0.6) is 0 Å². The number of hydrogen-bond donors (Lipinski definition) is 0. The Hall–Kier alpha value is -2.31. The fourth-order valence-electron chi connectivity index (χ4n) is 3.33. The minimum absolute atomic E-state index is 0.141. The molecule has 1 saturated heterocycles. The first-order valence-electron chi connectivity index (χ1n) is 9.45. The van der Waals surface area contributed by atoms with Crippen LogP contribution in [0.3, 0.4) is 0 Å². The minimum atomic E-state index is -0.283. The molecule has 27 heavy (non-hydrogen) atoms. The van der Waals surface area contributed by atoms with Crippen LogP contribution in [0.2, 0.25) is 0 Å². The summed E-state index contributed by atoms with van der Waals surface area (Å²) in [4.78, 5) is 21.0. The molecule has 1 aromatic heterocycles. The van der Waals surface area contributed by atoms with E-state index in [0.717, 1.165) is 30.9 Å². The molecule has 0 spiro atoms. The second-order valence-corrected chi connectivity index (χ2v) is 6.62. The molecule has 2 heterocycles.